The second-order valence-electron chi connectivity index (χ2n) is 6.60. The SMILES string of the molecule is Brc1ccc2c(c1)OCCCC2NC1CCN(C2CC2)C1. The number of ether oxygens (including phenoxy) is 1. The van der Waals surface area contributed by atoms with E-state index in [1.54, 1.807) is 0 Å². The molecule has 0 amide bonds. The molecule has 1 aliphatic carbocycles. The van der Waals surface area contributed by atoms with Crippen LogP contribution in [0.3, 0.4) is 0 Å². The zero-order valence-electron chi connectivity index (χ0n) is 12.4. The Hall–Kier alpha value is -0.580. The first kappa shape index (κ1) is 14.0. The molecule has 2 unspecified atom stereocenters. The Morgan fingerprint density at radius 2 is 2.10 bits per heavy atom. The van der Waals surface area contributed by atoms with Gasteiger partial charge >= 0.3 is 0 Å². The van der Waals surface area contributed by atoms with E-state index in [4.69, 9.17) is 4.74 Å². The Morgan fingerprint density at radius 3 is 2.95 bits per heavy atom. The van der Waals surface area contributed by atoms with Gasteiger partial charge in [0, 0.05) is 41.3 Å². The highest BCUT2D eigenvalue weighted by Crippen LogP contribution is 2.35. The second-order valence-corrected chi connectivity index (χ2v) is 7.52. The summed E-state index contributed by atoms with van der Waals surface area (Å²) in [7, 11) is 0. The smallest absolute Gasteiger partial charge is 0.125 e. The molecular formula is C17H23BrN2O. The predicted octanol–water partition coefficient (Wildman–Crippen LogP) is 3.49. The van der Waals surface area contributed by atoms with Crippen LogP contribution in [0.2, 0.25) is 0 Å². The molecule has 3 nitrogen and oxygen atoms in total. The normalized spacial score (nSPS) is 29.8. The topological polar surface area (TPSA) is 24.5 Å². The Morgan fingerprint density at radius 1 is 1.19 bits per heavy atom. The number of fused-ring (bicyclic) bond motifs is 1. The Labute approximate surface area is 135 Å². The highest BCUT2D eigenvalue weighted by Gasteiger charge is 2.35. The van der Waals surface area contributed by atoms with Gasteiger partial charge in [0.1, 0.15) is 5.75 Å². The van der Waals surface area contributed by atoms with Gasteiger partial charge in [0.05, 0.1) is 6.61 Å². The minimum absolute atomic E-state index is 0.444. The zero-order valence-corrected chi connectivity index (χ0v) is 13.9. The van der Waals surface area contributed by atoms with E-state index < -0.39 is 0 Å². The van der Waals surface area contributed by atoms with Crippen molar-refractivity contribution in [2.75, 3.05) is 19.7 Å². The van der Waals surface area contributed by atoms with Crippen LogP contribution in [0.25, 0.3) is 0 Å². The van der Waals surface area contributed by atoms with E-state index in [0.717, 1.165) is 29.3 Å². The van der Waals surface area contributed by atoms with Crippen molar-refractivity contribution < 1.29 is 4.74 Å². The lowest BCUT2D eigenvalue weighted by Crippen LogP contribution is -2.35. The number of halogens is 1. The lowest BCUT2D eigenvalue weighted by molar-refractivity contribution is 0.306. The molecule has 2 aliphatic heterocycles. The van der Waals surface area contributed by atoms with E-state index in [1.165, 1.54) is 44.3 Å². The van der Waals surface area contributed by atoms with Gasteiger partial charge in [-0.3, -0.25) is 4.90 Å². The van der Waals surface area contributed by atoms with Crippen LogP contribution in [0.1, 0.15) is 43.7 Å². The standard InChI is InChI=1S/C17H23BrN2O/c18-12-3-6-15-16(2-1-9-21-17(15)10-12)19-13-7-8-20(11-13)14-4-5-14/h3,6,10,13-14,16,19H,1-2,4-5,7-9,11H2. The zero-order chi connectivity index (χ0) is 14.2. The van der Waals surface area contributed by atoms with Crippen molar-refractivity contribution in [2.45, 2.75) is 50.2 Å². The lowest BCUT2D eigenvalue weighted by Gasteiger charge is -2.23. The number of nitrogens with zero attached hydrogens (tertiary/aromatic N) is 1. The Balaban J connectivity index is 1.47. The van der Waals surface area contributed by atoms with Crippen molar-refractivity contribution in [3.8, 4) is 5.75 Å². The van der Waals surface area contributed by atoms with Gasteiger partial charge in [0.2, 0.25) is 0 Å². The summed E-state index contributed by atoms with van der Waals surface area (Å²) in [6, 6.07) is 8.45. The van der Waals surface area contributed by atoms with Crippen LogP contribution in [0, 0.1) is 0 Å². The third kappa shape index (κ3) is 3.13. The summed E-state index contributed by atoms with van der Waals surface area (Å²) in [6.45, 7) is 3.34. The molecule has 1 saturated heterocycles. The third-order valence-corrected chi connectivity index (χ3v) is 5.46. The van der Waals surface area contributed by atoms with E-state index in [0.29, 0.717) is 12.1 Å². The van der Waals surface area contributed by atoms with Gasteiger partial charge in [-0.1, -0.05) is 22.0 Å². The molecule has 1 aromatic rings. The molecule has 0 spiro atoms. The molecule has 1 aromatic carbocycles. The van der Waals surface area contributed by atoms with Crippen molar-refractivity contribution in [2.24, 2.45) is 0 Å². The highest BCUT2D eigenvalue weighted by molar-refractivity contribution is 9.10. The van der Waals surface area contributed by atoms with E-state index >= 15 is 0 Å². The molecular weight excluding hydrogens is 328 g/mol. The molecule has 21 heavy (non-hydrogen) atoms. The molecule has 1 N–H and O–H groups in total. The molecule has 2 fully saturated rings. The maximum atomic E-state index is 5.91. The first-order chi connectivity index (χ1) is 10.3. The minimum Gasteiger partial charge on any atom is -0.493 e. The Kier molecular flexibility index (Phi) is 3.94. The second kappa shape index (κ2) is 5.90. The molecule has 4 heteroatoms. The number of likely N-dealkylation sites (tertiary alicyclic amines) is 1. The summed E-state index contributed by atoms with van der Waals surface area (Å²) in [6.07, 6.45) is 6.43. The fourth-order valence-electron chi connectivity index (χ4n) is 3.70. The largest absolute Gasteiger partial charge is 0.493 e. The maximum absolute atomic E-state index is 5.91. The average Bonchev–Trinajstić information content (AvgIpc) is 3.25. The first-order valence-electron chi connectivity index (χ1n) is 8.22. The lowest BCUT2D eigenvalue weighted by atomic mass is 10.0. The van der Waals surface area contributed by atoms with Crippen molar-refractivity contribution >= 4 is 15.9 Å². The van der Waals surface area contributed by atoms with Crippen LogP contribution in [-0.4, -0.2) is 36.7 Å². The predicted molar refractivity (Wildman–Crippen MR) is 87.7 cm³/mol. The van der Waals surface area contributed by atoms with Crippen molar-refractivity contribution in [1.29, 1.82) is 0 Å². The molecule has 2 atom stereocenters. The van der Waals surface area contributed by atoms with Gasteiger partial charge in [-0.2, -0.15) is 0 Å². The maximum Gasteiger partial charge on any atom is 0.125 e. The van der Waals surface area contributed by atoms with Crippen molar-refractivity contribution in [3.05, 3.63) is 28.2 Å². The van der Waals surface area contributed by atoms with Gasteiger partial charge in [-0.05, 0) is 44.2 Å². The van der Waals surface area contributed by atoms with Gasteiger partial charge in [0.25, 0.3) is 0 Å². The van der Waals surface area contributed by atoms with Crippen LogP contribution in [0.4, 0.5) is 0 Å². The quantitative estimate of drug-likeness (QED) is 0.902. The minimum atomic E-state index is 0.444. The summed E-state index contributed by atoms with van der Waals surface area (Å²) >= 11 is 3.55. The van der Waals surface area contributed by atoms with Gasteiger partial charge in [0.15, 0.2) is 0 Å². The van der Waals surface area contributed by atoms with Crippen LogP contribution in [0.5, 0.6) is 5.75 Å². The molecule has 0 radical (unpaired) electrons. The van der Waals surface area contributed by atoms with Gasteiger partial charge in [-0.15, -0.1) is 0 Å². The summed E-state index contributed by atoms with van der Waals surface area (Å²) in [5.41, 5.74) is 1.33. The number of hydrogen-bond acceptors (Lipinski definition) is 3. The third-order valence-electron chi connectivity index (χ3n) is 4.97. The Bertz CT molecular complexity index is 518. The fraction of sp³-hybridized carbons (Fsp3) is 0.647. The number of nitrogens with one attached hydrogen (secondary N) is 1. The number of hydrogen-bond donors (Lipinski definition) is 1. The number of benzene rings is 1. The summed E-state index contributed by atoms with van der Waals surface area (Å²) in [5, 5.41) is 3.91. The molecule has 3 aliphatic rings. The molecule has 0 aromatic heterocycles. The van der Waals surface area contributed by atoms with E-state index in [9.17, 15) is 0 Å². The van der Waals surface area contributed by atoms with E-state index in [1.807, 2.05) is 0 Å². The average molecular weight is 351 g/mol. The molecule has 4 rings (SSSR count). The van der Waals surface area contributed by atoms with Crippen LogP contribution in [0.15, 0.2) is 22.7 Å². The van der Waals surface area contributed by atoms with Crippen LogP contribution < -0.4 is 10.1 Å². The summed E-state index contributed by atoms with van der Waals surface area (Å²) < 4.78 is 7.01. The number of rotatable bonds is 3. The van der Waals surface area contributed by atoms with Crippen molar-refractivity contribution in [3.63, 3.8) is 0 Å². The van der Waals surface area contributed by atoms with Crippen molar-refractivity contribution in [1.82, 2.24) is 10.2 Å². The molecule has 114 valence electrons. The highest BCUT2D eigenvalue weighted by atomic mass is 79.9. The van der Waals surface area contributed by atoms with Gasteiger partial charge < -0.3 is 10.1 Å². The van der Waals surface area contributed by atoms with Gasteiger partial charge in [-0.25, -0.2) is 0 Å². The monoisotopic (exact) mass is 350 g/mol. The fourth-order valence-corrected chi connectivity index (χ4v) is 4.04. The molecule has 2 heterocycles. The summed E-state index contributed by atoms with van der Waals surface area (Å²) in [5.74, 6) is 1.05. The van der Waals surface area contributed by atoms with Crippen LogP contribution >= 0.6 is 15.9 Å². The first-order valence-corrected chi connectivity index (χ1v) is 9.01. The molecule has 1 saturated carbocycles. The van der Waals surface area contributed by atoms with Crippen LogP contribution in [-0.2, 0) is 0 Å². The van der Waals surface area contributed by atoms with E-state index in [2.05, 4.69) is 44.3 Å². The molecule has 0 bridgehead atoms. The summed E-state index contributed by atoms with van der Waals surface area (Å²) in [4.78, 5) is 2.67. The van der Waals surface area contributed by atoms with E-state index in [-0.39, 0.29) is 0 Å².